The van der Waals surface area contributed by atoms with Gasteiger partial charge in [-0.05, 0) is 57.6 Å². The topological polar surface area (TPSA) is 97.8 Å². The van der Waals surface area contributed by atoms with E-state index in [4.69, 9.17) is 14.5 Å². The van der Waals surface area contributed by atoms with Crippen molar-refractivity contribution < 1.29 is 24.2 Å². The Balaban J connectivity index is 1.88. The zero-order valence-electron chi connectivity index (χ0n) is 23.4. The minimum Gasteiger partial charge on any atom is -0.469 e. The van der Waals surface area contributed by atoms with Crippen LogP contribution in [0.25, 0.3) is 0 Å². The van der Waals surface area contributed by atoms with Crippen LogP contribution in [-0.4, -0.2) is 47.0 Å². The Bertz CT molecular complexity index is 1180. The summed E-state index contributed by atoms with van der Waals surface area (Å²) >= 11 is 1.48. The summed E-state index contributed by atoms with van der Waals surface area (Å²) in [4.78, 5) is 30.6. The van der Waals surface area contributed by atoms with Crippen molar-refractivity contribution >= 4 is 23.4 Å². The molecule has 4 atom stereocenters. The van der Waals surface area contributed by atoms with E-state index in [1.54, 1.807) is 6.20 Å². The van der Waals surface area contributed by atoms with Gasteiger partial charge < -0.3 is 19.9 Å². The fourth-order valence-electron chi connectivity index (χ4n) is 4.51. The molecule has 1 heterocycles. The Labute approximate surface area is 235 Å². The molecule has 0 aliphatic rings. The zero-order chi connectivity index (χ0) is 28.4. The van der Waals surface area contributed by atoms with Crippen molar-refractivity contribution in [1.82, 2.24) is 10.3 Å². The summed E-state index contributed by atoms with van der Waals surface area (Å²) in [5.74, 6) is -0.782. The normalized spacial score (nSPS) is 14.6. The molecule has 2 aromatic carbocycles. The number of esters is 1. The number of rotatable bonds is 12. The average Bonchev–Trinajstić information content (AvgIpc) is 3.38. The van der Waals surface area contributed by atoms with Crippen LogP contribution >= 0.6 is 11.3 Å². The second-order valence-electron chi connectivity index (χ2n) is 10.7. The summed E-state index contributed by atoms with van der Waals surface area (Å²) in [6, 6.07) is 19.2. The Morgan fingerprint density at radius 3 is 2.13 bits per heavy atom. The van der Waals surface area contributed by atoms with Crippen LogP contribution in [0.15, 0.2) is 66.9 Å². The number of benzene rings is 2. The summed E-state index contributed by atoms with van der Waals surface area (Å²) in [5.41, 5.74) is 1.46. The molecule has 0 radical (unpaired) electrons. The molecule has 0 fully saturated rings. The predicted octanol–water partition coefficient (Wildman–Crippen LogP) is 6.02. The molecule has 0 aliphatic carbocycles. The third-order valence-corrected chi connectivity index (χ3v) is 7.72. The number of methoxy groups -OCH3 is 1. The van der Waals surface area contributed by atoms with E-state index in [0.29, 0.717) is 25.7 Å². The minimum absolute atomic E-state index is 0.130. The first-order valence-corrected chi connectivity index (χ1v) is 14.2. The fraction of sp³-hybridized carbons (Fsp3) is 0.452. The van der Waals surface area contributed by atoms with Gasteiger partial charge in [0.25, 0.3) is 0 Å². The van der Waals surface area contributed by atoms with Crippen molar-refractivity contribution in [3.05, 3.63) is 87.9 Å². The number of carbonyl (C=O) groups is 2. The van der Waals surface area contributed by atoms with Crippen LogP contribution in [0.4, 0.5) is 4.79 Å². The van der Waals surface area contributed by atoms with Gasteiger partial charge in [0.2, 0.25) is 0 Å². The van der Waals surface area contributed by atoms with Crippen LogP contribution in [0, 0.1) is 0 Å². The van der Waals surface area contributed by atoms with Gasteiger partial charge in [-0.1, -0.05) is 67.6 Å². The molecule has 8 heteroatoms. The van der Waals surface area contributed by atoms with Crippen molar-refractivity contribution in [3.63, 3.8) is 0 Å². The molecule has 0 saturated carbocycles. The number of nitrogens with one attached hydrogen (secondary N) is 1. The number of hydrogen-bond donors (Lipinski definition) is 2. The van der Waals surface area contributed by atoms with Crippen molar-refractivity contribution in [2.75, 3.05) is 7.11 Å². The maximum Gasteiger partial charge on any atom is 0.407 e. The van der Waals surface area contributed by atoms with Gasteiger partial charge in [-0.3, -0.25) is 4.79 Å². The summed E-state index contributed by atoms with van der Waals surface area (Å²) in [6.45, 7) is 7.37. The van der Waals surface area contributed by atoms with E-state index in [0.717, 1.165) is 21.0 Å². The van der Waals surface area contributed by atoms with E-state index < -0.39 is 23.8 Å². The zero-order valence-corrected chi connectivity index (χ0v) is 24.2. The molecule has 1 aromatic heterocycles. The maximum atomic E-state index is 12.7. The molecule has 2 N–H and O–H groups in total. The molecule has 0 saturated heterocycles. The van der Waals surface area contributed by atoms with Gasteiger partial charge in [0.1, 0.15) is 5.60 Å². The van der Waals surface area contributed by atoms with Gasteiger partial charge in [-0.25, -0.2) is 9.78 Å². The Morgan fingerprint density at radius 2 is 1.59 bits per heavy atom. The van der Waals surface area contributed by atoms with Crippen LogP contribution in [-0.2, 0) is 27.1 Å². The van der Waals surface area contributed by atoms with Gasteiger partial charge in [-0.2, -0.15) is 0 Å². The van der Waals surface area contributed by atoms with Gasteiger partial charge in [0, 0.05) is 17.0 Å². The van der Waals surface area contributed by atoms with Crippen molar-refractivity contribution in [2.45, 2.75) is 83.0 Å². The van der Waals surface area contributed by atoms with Crippen molar-refractivity contribution in [2.24, 2.45) is 0 Å². The van der Waals surface area contributed by atoms with E-state index >= 15 is 0 Å². The van der Waals surface area contributed by atoms with Gasteiger partial charge >= 0.3 is 12.1 Å². The molecular formula is C31H40N2O5S. The number of ether oxygens (including phenoxy) is 2. The molecule has 0 bridgehead atoms. The van der Waals surface area contributed by atoms with Crippen LogP contribution < -0.4 is 5.32 Å². The largest absolute Gasteiger partial charge is 0.469 e. The standard InChI is InChI=1S/C31H40N2O5S/c1-6-24(29(35)37-5)27-20-32-28(39-27)23(17-21-13-9-7-10-14-21)19-26(34)25(18-22-15-11-8-12-16-22)33-30(36)38-31(2,3)4/h7-16,20,23-26,34H,6,17-19H2,1-5H3,(H,33,36)/t23?,24-,25-,26-/m0/s1. The summed E-state index contributed by atoms with van der Waals surface area (Å²) in [6.07, 6.45) is 2.38. The van der Waals surface area contributed by atoms with Crippen LogP contribution in [0.2, 0.25) is 0 Å². The fourth-order valence-corrected chi connectivity index (χ4v) is 5.72. The molecule has 3 aromatic rings. The number of aliphatic hydroxyl groups excluding tert-OH is 1. The predicted molar refractivity (Wildman–Crippen MR) is 154 cm³/mol. The third kappa shape index (κ3) is 9.48. The summed E-state index contributed by atoms with van der Waals surface area (Å²) in [5, 5.41) is 15.3. The molecule has 1 unspecified atom stereocenters. The van der Waals surface area contributed by atoms with Gasteiger partial charge in [0.05, 0.1) is 30.2 Å². The first kappa shape index (κ1) is 30.3. The number of nitrogens with zero attached hydrogens (tertiary/aromatic N) is 1. The number of amides is 1. The summed E-state index contributed by atoms with van der Waals surface area (Å²) in [7, 11) is 1.39. The van der Waals surface area contributed by atoms with E-state index in [2.05, 4.69) is 17.4 Å². The van der Waals surface area contributed by atoms with Gasteiger partial charge in [-0.15, -0.1) is 11.3 Å². The quantitative estimate of drug-likeness (QED) is 0.267. The van der Waals surface area contributed by atoms with E-state index in [9.17, 15) is 14.7 Å². The van der Waals surface area contributed by atoms with E-state index in [-0.39, 0.29) is 17.8 Å². The van der Waals surface area contributed by atoms with E-state index in [1.807, 2.05) is 76.2 Å². The molecule has 7 nitrogen and oxygen atoms in total. The lowest BCUT2D eigenvalue weighted by atomic mass is 9.89. The van der Waals surface area contributed by atoms with Gasteiger partial charge in [0.15, 0.2) is 0 Å². The minimum atomic E-state index is -0.874. The molecule has 39 heavy (non-hydrogen) atoms. The molecular weight excluding hydrogens is 512 g/mol. The van der Waals surface area contributed by atoms with Crippen molar-refractivity contribution in [1.29, 1.82) is 0 Å². The Morgan fingerprint density at radius 1 is 1.00 bits per heavy atom. The molecule has 3 rings (SSSR count). The van der Waals surface area contributed by atoms with Crippen LogP contribution in [0.1, 0.15) is 73.4 Å². The number of alkyl carbamates (subject to hydrolysis) is 1. The lowest BCUT2D eigenvalue weighted by Crippen LogP contribution is -2.47. The molecule has 1 amide bonds. The second-order valence-corrected chi connectivity index (χ2v) is 11.8. The lowest BCUT2D eigenvalue weighted by molar-refractivity contribution is -0.142. The molecule has 210 valence electrons. The third-order valence-electron chi connectivity index (χ3n) is 6.44. The summed E-state index contributed by atoms with van der Waals surface area (Å²) < 4.78 is 10.5. The highest BCUT2D eigenvalue weighted by Gasteiger charge is 2.30. The van der Waals surface area contributed by atoms with E-state index in [1.165, 1.54) is 18.4 Å². The smallest absolute Gasteiger partial charge is 0.407 e. The molecule has 0 spiro atoms. The molecule has 0 aliphatic heterocycles. The maximum absolute atomic E-state index is 12.7. The number of aromatic nitrogens is 1. The highest BCUT2D eigenvalue weighted by atomic mass is 32.1. The van der Waals surface area contributed by atoms with Crippen LogP contribution in [0.5, 0.6) is 0 Å². The van der Waals surface area contributed by atoms with Crippen LogP contribution in [0.3, 0.4) is 0 Å². The Hall–Kier alpha value is -3.23. The second kappa shape index (κ2) is 14.2. The SMILES string of the molecule is CC[C@H](C(=O)OC)c1cnc(C(Cc2ccccc2)C[C@H](O)[C@H](Cc2ccccc2)NC(=O)OC(C)(C)C)s1. The average molecular weight is 553 g/mol. The number of thiazole rings is 1. The first-order chi connectivity index (χ1) is 18.6. The number of carbonyl (C=O) groups excluding carboxylic acids is 2. The lowest BCUT2D eigenvalue weighted by Gasteiger charge is -2.29. The highest BCUT2D eigenvalue weighted by Crippen LogP contribution is 2.34. The van der Waals surface area contributed by atoms with Crippen molar-refractivity contribution in [3.8, 4) is 0 Å². The monoisotopic (exact) mass is 552 g/mol. The first-order valence-electron chi connectivity index (χ1n) is 13.4. The highest BCUT2D eigenvalue weighted by molar-refractivity contribution is 7.11. The Kier molecular flexibility index (Phi) is 11.1. The number of aliphatic hydroxyl groups is 1. The number of hydrogen-bond acceptors (Lipinski definition) is 7.